The Bertz CT molecular complexity index is 1580. The van der Waals surface area contributed by atoms with E-state index >= 15 is 0 Å². The smallest absolute Gasteiger partial charge is 0.273 e. The molecule has 1 heterocycles. The summed E-state index contributed by atoms with van der Waals surface area (Å²) in [6, 6.07) is 15.6. The zero-order chi connectivity index (χ0) is 38.8. The van der Waals surface area contributed by atoms with Crippen LogP contribution in [0, 0.1) is 12.8 Å². The predicted molar refractivity (Wildman–Crippen MR) is 222 cm³/mol. The van der Waals surface area contributed by atoms with Gasteiger partial charge in [0.25, 0.3) is 11.8 Å². The molecule has 0 bridgehead atoms. The van der Waals surface area contributed by atoms with Gasteiger partial charge in [-0.15, -0.1) is 24.8 Å². The second-order valence-electron chi connectivity index (χ2n) is 13.4. The van der Waals surface area contributed by atoms with Crippen molar-refractivity contribution in [2.75, 3.05) is 63.9 Å². The van der Waals surface area contributed by atoms with Crippen molar-refractivity contribution in [2.45, 2.75) is 70.7 Å². The number of carbonyl (C=O) groups is 2. The van der Waals surface area contributed by atoms with Gasteiger partial charge in [0.1, 0.15) is 12.2 Å². The molecule has 0 aliphatic rings. The number of rotatable bonds is 24. The highest BCUT2D eigenvalue weighted by atomic mass is 35.5. The largest absolute Gasteiger partial charge is 0.394 e. The number of anilines is 2. The van der Waals surface area contributed by atoms with Crippen molar-refractivity contribution < 1.29 is 30.0 Å². The minimum absolute atomic E-state index is 0. The lowest BCUT2D eigenvalue weighted by atomic mass is 9.95. The molecule has 55 heavy (non-hydrogen) atoms. The number of aliphatic hydroxyl groups excluding tert-OH is 4. The van der Waals surface area contributed by atoms with E-state index in [1.807, 2.05) is 29.2 Å². The quantitative estimate of drug-likeness (QED) is 0.0594. The summed E-state index contributed by atoms with van der Waals surface area (Å²) in [4.78, 5) is 35.7. The summed E-state index contributed by atoms with van der Waals surface area (Å²) < 4.78 is 0. The van der Waals surface area contributed by atoms with Crippen molar-refractivity contribution in [1.29, 1.82) is 0 Å². The molecule has 0 spiro atoms. The Morgan fingerprint density at radius 1 is 0.855 bits per heavy atom. The molecule has 0 aliphatic heterocycles. The highest BCUT2D eigenvalue weighted by Crippen LogP contribution is 2.18. The van der Waals surface area contributed by atoms with Crippen molar-refractivity contribution in [3.8, 4) is 0 Å². The number of aryl methyl sites for hydroxylation is 1. The highest BCUT2D eigenvalue weighted by Gasteiger charge is 2.26. The van der Waals surface area contributed by atoms with Crippen molar-refractivity contribution in [1.82, 2.24) is 30.8 Å². The fourth-order valence-corrected chi connectivity index (χ4v) is 6.01. The maximum Gasteiger partial charge on any atom is 0.273 e. The first-order valence-electron chi connectivity index (χ1n) is 18.3. The molecule has 17 heteroatoms. The number of carbonyl (C=O) groups excluding carboxylic acids is 2. The van der Waals surface area contributed by atoms with Crippen LogP contribution < -0.4 is 27.4 Å². The average Bonchev–Trinajstić information content (AvgIpc) is 3.15. The second-order valence-corrected chi connectivity index (χ2v) is 13.8. The van der Waals surface area contributed by atoms with Gasteiger partial charge in [-0.1, -0.05) is 74.2 Å². The molecule has 2 aromatic carbocycles. The van der Waals surface area contributed by atoms with Gasteiger partial charge in [-0.3, -0.25) is 14.5 Å². The summed E-state index contributed by atoms with van der Waals surface area (Å²) in [7, 11) is 0. The minimum Gasteiger partial charge on any atom is -0.394 e. The topological polar surface area (TPSA) is 232 Å². The molecule has 14 nitrogen and oxygen atoms in total. The standard InChI is InChI=1S/C38H57ClN8O6.2ClH/c1-3-4-5-8-18-47(23-30(49)33(51)31(50)24-48)19-17-43-37(52)28-13-11-26(12-14-28)15-16-42-21-27(20-29-10-7-6-9-25(29)2)22-44-38(53)32-35(40)46-36(41)34(39)45-32;;/h6-7,9-14,27,30-31,33,42,48-51H,3-5,8,15-24H2,1-2H3,(H,43,52)(H,44,53)(H4,40,41,46);2*1H/t27-,30+,31-,33-;;/m1../s1. The third kappa shape index (κ3) is 17.2. The minimum atomic E-state index is -1.47. The Hall–Kier alpha value is -3.31. The fourth-order valence-electron chi connectivity index (χ4n) is 5.88. The van der Waals surface area contributed by atoms with Crippen LogP contribution in [0.4, 0.5) is 11.6 Å². The number of amides is 2. The third-order valence-corrected chi connectivity index (χ3v) is 9.42. The molecule has 0 saturated carbocycles. The number of nitrogen functional groups attached to an aromatic ring is 2. The van der Waals surface area contributed by atoms with E-state index < -0.39 is 30.8 Å². The molecule has 308 valence electrons. The highest BCUT2D eigenvalue weighted by molar-refractivity contribution is 6.31. The van der Waals surface area contributed by atoms with Gasteiger partial charge >= 0.3 is 0 Å². The number of nitrogens with two attached hydrogens (primary N) is 2. The number of hydrogen-bond donors (Lipinski definition) is 9. The molecule has 2 amide bonds. The first-order chi connectivity index (χ1) is 25.4. The zero-order valence-electron chi connectivity index (χ0n) is 31.6. The van der Waals surface area contributed by atoms with Gasteiger partial charge in [-0.25, -0.2) is 9.97 Å². The van der Waals surface area contributed by atoms with Crippen molar-refractivity contribution in [2.24, 2.45) is 5.92 Å². The van der Waals surface area contributed by atoms with Gasteiger partial charge in [-0.2, -0.15) is 0 Å². The molecule has 3 rings (SSSR count). The Balaban J connectivity index is 0.00000756. The average molecular weight is 830 g/mol. The van der Waals surface area contributed by atoms with Crippen molar-refractivity contribution in [3.05, 3.63) is 81.6 Å². The molecule has 0 saturated heterocycles. The van der Waals surface area contributed by atoms with Crippen LogP contribution in [-0.2, 0) is 12.8 Å². The van der Waals surface area contributed by atoms with Gasteiger partial charge < -0.3 is 47.8 Å². The number of nitrogens with one attached hydrogen (secondary N) is 3. The molecular weight excluding hydrogens is 771 g/mol. The van der Waals surface area contributed by atoms with E-state index in [9.17, 15) is 24.9 Å². The Morgan fingerprint density at radius 3 is 2.24 bits per heavy atom. The monoisotopic (exact) mass is 828 g/mol. The fraction of sp³-hybridized carbons (Fsp3) is 0.526. The van der Waals surface area contributed by atoms with E-state index in [2.05, 4.69) is 51.9 Å². The molecule has 1 aromatic heterocycles. The van der Waals surface area contributed by atoms with Crippen LogP contribution in [0.5, 0.6) is 0 Å². The van der Waals surface area contributed by atoms with E-state index in [1.54, 1.807) is 12.1 Å². The van der Waals surface area contributed by atoms with Crippen LogP contribution in [0.2, 0.25) is 5.15 Å². The van der Waals surface area contributed by atoms with Gasteiger partial charge in [0.15, 0.2) is 22.5 Å². The Morgan fingerprint density at radius 2 is 1.56 bits per heavy atom. The summed E-state index contributed by atoms with van der Waals surface area (Å²) in [5.41, 5.74) is 15.4. The van der Waals surface area contributed by atoms with Gasteiger partial charge in [0.2, 0.25) is 0 Å². The molecular formula is C38H59Cl3N8O6. The normalized spacial score (nSPS) is 13.2. The molecule has 0 radical (unpaired) electrons. The molecule has 0 aliphatic carbocycles. The zero-order valence-corrected chi connectivity index (χ0v) is 34.0. The van der Waals surface area contributed by atoms with Gasteiger partial charge in [0.05, 0.1) is 12.7 Å². The first kappa shape index (κ1) is 49.7. The van der Waals surface area contributed by atoms with E-state index in [0.29, 0.717) is 44.8 Å². The Labute approximate surface area is 341 Å². The lowest BCUT2D eigenvalue weighted by molar-refractivity contribution is -0.0840. The summed E-state index contributed by atoms with van der Waals surface area (Å²) in [5.74, 6) is -0.776. The number of nitrogens with zero attached hydrogens (tertiary/aromatic N) is 3. The molecule has 3 aromatic rings. The van der Waals surface area contributed by atoms with Gasteiger partial charge in [0, 0.05) is 31.7 Å². The molecule has 4 atom stereocenters. The maximum atomic E-state index is 12.9. The first-order valence-corrected chi connectivity index (χ1v) is 18.7. The second kappa shape index (κ2) is 26.5. The van der Waals surface area contributed by atoms with Crippen LogP contribution >= 0.6 is 36.4 Å². The van der Waals surface area contributed by atoms with Crippen LogP contribution in [0.25, 0.3) is 0 Å². The maximum absolute atomic E-state index is 12.9. The van der Waals surface area contributed by atoms with E-state index in [-0.39, 0.29) is 65.7 Å². The molecule has 11 N–H and O–H groups in total. The molecule has 0 unspecified atom stereocenters. The number of aromatic nitrogens is 2. The summed E-state index contributed by atoms with van der Waals surface area (Å²) >= 11 is 5.97. The van der Waals surface area contributed by atoms with Crippen LogP contribution in [0.1, 0.15) is 70.1 Å². The van der Waals surface area contributed by atoms with E-state index in [4.69, 9.17) is 28.2 Å². The Kier molecular flexibility index (Phi) is 24.0. The summed E-state index contributed by atoms with van der Waals surface area (Å²) in [5, 5.41) is 48.6. The van der Waals surface area contributed by atoms with Crippen LogP contribution in [0.15, 0.2) is 48.5 Å². The van der Waals surface area contributed by atoms with Crippen molar-refractivity contribution >= 4 is 59.9 Å². The number of hydrogen-bond acceptors (Lipinski definition) is 12. The lowest BCUT2D eigenvalue weighted by Gasteiger charge is -2.29. The number of aliphatic hydroxyl groups is 4. The SMILES string of the molecule is CCCCCCN(CCNC(=O)c1ccc(CCNC[C@H](CNC(=O)c2nc(Cl)c(N)nc2N)Cc2ccccc2C)cc1)C[C@H](O)[C@@H](O)[C@H](O)CO.Cl.Cl. The lowest BCUT2D eigenvalue weighted by Crippen LogP contribution is -2.47. The predicted octanol–water partition coefficient (Wildman–Crippen LogP) is 2.55. The number of benzene rings is 2. The summed E-state index contributed by atoms with van der Waals surface area (Å²) in [6.45, 7) is 6.77. The number of unbranched alkanes of at least 4 members (excludes halogenated alkanes) is 3. The molecule has 0 fully saturated rings. The summed E-state index contributed by atoms with van der Waals surface area (Å²) in [6.07, 6.45) is 1.44. The van der Waals surface area contributed by atoms with Crippen LogP contribution in [-0.4, -0.2) is 118 Å². The van der Waals surface area contributed by atoms with Gasteiger partial charge in [-0.05, 0) is 80.6 Å². The van der Waals surface area contributed by atoms with E-state index in [0.717, 1.165) is 44.1 Å². The number of halogens is 3. The van der Waals surface area contributed by atoms with E-state index in [1.165, 1.54) is 11.1 Å². The third-order valence-electron chi connectivity index (χ3n) is 9.14. The van der Waals surface area contributed by atoms with Crippen molar-refractivity contribution in [3.63, 3.8) is 0 Å². The van der Waals surface area contributed by atoms with Crippen LogP contribution in [0.3, 0.4) is 0 Å².